The summed E-state index contributed by atoms with van der Waals surface area (Å²) in [5.74, 6) is -1.07. The van der Waals surface area contributed by atoms with Crippen LogP contribution < -0.4 is 10.9 Å². The summed E-state index contributed by atoms with van der Waals surface area (Å²) in [6, 6.07) is 5.66. The summed E-state index contributed by atoms with van der Waals surface area (Å²) in [5, 5.41) is 0. The second-order valence-corrected chi connectivity index (χ2v) is 5.19. The van der Waals surface area contributed by atoms with Crippen molar-refractivity contribution < 1.29 is 14.0 Å². The molecule has 0 spiro atoms. The number of nitrogens with one attached hydrogen (secondary N) is 2. The number of hydrazine groups is 1. The van der Waals surface area contributed by atoms with Gasteiger partial charge in [-0.25, -0.2) is 4.39 Å². The van der Waals surface area contributed by atoms with Crippen LogP contribution in [0.25, 0.3) is 0 Å². The Balaban J connectivity index is 1.78. The lowest BCUT2D eigenvalue weighted by molar-refractivity contribution is -0.123. The molecule has 1 fully saturated rings. The molecule has 2 amide bonds. The maximum absolute atomic E-state index is 13.4. The largest absolute Gasteiger partial charge is 0.273 e. The second kappa shape index (κ2) is 7.03. The topological polar surface area (TPSA) is 58.2 Å². The molecule has 0 heterocycles. The van der Waals surface area contributed by atoms with E-state index in [1.807, 2.05) is 0 Å². The Labute approximate surface area is 117 Å². The Morgan fingerprint density at radius 1 is 1.10 bits per heavy atom. The van der Waals surface area contributed by atoms with Crippen LogP contribution in [0.4, 0.5) is 4.39 Å². The molecule has 1 aliphatic rings. The van der Waals surface area contributed by atoms with Crippen molar-refractivity contribution in [3.05, 3.63) is 35.6 Å². The van der Waals surface area contributed by atoms with E-state index in [1.165, 1.54) is 37.5 Å². The molecular weight excluding hydrogens is 259 g/mol. The van der Waals surface area contributed by atoms with Crippen LogP contribution in [-0.4, -0.2) is 11.8 Å². The summed E-state index contributed by atoms with van der Waals surface area (Å²) in [4.78, 5) is 23.4. The highest BCUT2D eigenvalue weighted by Crippen LogP contribution is 2.25. The number of hydrogen-bond acceptors (Lipinski definition) is 2. The molecule has 0 bridgehead atoms. The first-order chi connectivity index (χ1) is 9.66. The lowest BCUT2D eigenvalue weighted by Crippen LogP contribution is -2.42. The molecule has 1 saturated carbocycles. The van der Waals surface area contributed by atoms with E-state index in [2.05, 4.69) is 10.9 Å². The van der Waals surface area contributed by atoms with Crippen molar-refractivity contribution >= 4 is 11.8 Å². The second-order valence-electron chi connectivity index (χ2n) is 5.19. The van der Waals surface area contributed by atoms with Crippen molar-refractivity contribution in [3.63, 3.8) is 0 Å². The van der Waals surface area contributed by atoms with Crippen LogP contribution >= 0.6 is 0 Å². The molecular formula is C15H19FN2O2. The van der Waals surface area contributed by atoms with E-state index in [0.29, 0.717) is 12.3 Å². The number of halogens is 1. The molecule has 1 aliphatic carbocycles. The molecule has 1 aromatic carbocycles. The Kier molecular flexibility index (Phi) is 5.09. The van der Waals surface area contributed by atoms with Gasteiger partial charge in [0.25, 0.3) is 5.91 Å². The highest BCUT2D eigenvalue weighted by atomic mass is 19.1. The maximum Gasteiger partial charge on any atom is 0.272 e. The molecule has 4 nitrogen and oxygen atoms in total. The predicted molar refractivity (Wildman–Crippen MR) is 73.2 cm³/mol. The molecule has 0 radical (unpaired) electrons. The van der Waals surface area contributed by atoms with Gasteiger partial charge in [0.15, 0.2) is 0 Å². The minimum Gasteiger partial charge on any atom is -0.273 e. The van der Waals surface area contributed by atoms with Crippen LogP contribution in [0, 0.1) is 11.7 Å². The van der Waals surface area contributed by atoms with E-state index in [0.717, 1.165) is 12.8 Å². The van der Waals surface area contributed by atoms with Gasteiger partial charge in [0, 0.05) is 6.42 Å². The van der Waals surface area contributed by atoms with Crippen molar-refractivity contribution in [1.29, 1.82) is 0 Å². The van der Waals surface area contributed by atoms with Gasteiger partial charge in [0.05, 0.1) is 5.56 Å². The first-order valence-electron chi connectivity index (χ1n) is 7.00. The number of carbonyl (C=O) groups excluding carboxylic acids is 2. The van der Waals surface area contributed by atoms with E-state index in [9.17, 15) is 14.0 Å². The lowest BCUT2D eigenvalue weighted by atomic mass is 9.87. The molecule has 20 heavy (non-hydrogen) atoms. The van der Waals surface area contributed by atoms with Crippen molar-refractivity contribution in [2.75, 3.05) is 0 Å². The average molecular weight is 278 g/mol. The van der Waals surface area contributed by atoms with E-state index in [-0.39, 0.29) is 11.5 Å². The zero-order valence-corrected chi connectivity index (χ0v) is 11.3. The van der Waals surface area contributed by atoms with Crippen LogP contribution in [0.2, 0.25) is 0 Å². The summed E-state index contributed by atoms with van der Waals surface area (Å²) in [6.07, 6.45) is 6.11. The highest BCUT2D eigenvalue weighted by Gasteiger charge is 2.18. The molecule has 2 N–H and O–H groups in total. The van der Waals surface area contributed by atoms with Gasteiger partial charge in [0.1, 0.15) is 5.82 Å². The zero-order chi connectivity index (χ0) is 14.4. The molecule has 1 aromatic rings. The Morgan fingerprint density at radius 3 is 2.50 bits per heavy atom. The van der Waals surface area contributed by atoms with E-state index in [4.69, 9.17) is 0 Å². The molecule has 0 saturated heterocycles. The Bertz CT molecular complexity index is 485. The van der Waals surface area contributed by atoms with Crippen molar-refractivity contribution in [1.82, 2.24) is 10.9 Å². The maximum atomic E-state index is 13.4. The van der Waals surface area contributed by atoms with Gasteiger partial charge in [-0.3, -0.25) is 20.4 Å². The number of amides is 2. The van der Waals surface area contributed by atoms with Crippen molar-refractivity contribution in [2.24, 2.45) is 5.92 Å². The zero-order valence-electron chi connectivity index (χ0n) is 11.3. The van der Waals surface area contributed by atoms with Gasteiger partial charge >= 0.3 is 0 Å². The number of hydrogen-bond donors (Lipinski definition) is 2. The molecule has 0 atom stereocenters. The first-order valence-corrected chi connectivity index (χ1v) is 7.00. The molecule has 2 rings (SSSR count). The Hall–Kier alpha value is -1.91. The highest BCUT2D eigenvalue weighted by molar-refractivity contribution is 5.95. The van der Waals surface area contributed by atoms with Crippen LogP contribution in [0.15, 0.2) is 24.3 Å². The lowest BCUT2D eigenvalue weighted by Gasteiger charge is -2.20. The molecule has 5 heteroatoms. The van der Waals surface area contributed by atoms with Crippen LogP contribution in [0.5, 0.6) is 0 Å². The summed E-state index contributed by atoms with van der Waals surface area (Å²) in [5.41, 5.74) is 4.52. The minimum absolute atomic E-state index is 0.0783. The molecule has 108 valence electrons. The average Bonchev–Trinajstić information content (AvgIpc) is 2.46. The van der Waals surface area contributed by atoms with Gasteiger partial charge in [-0.1, -0.05) is 31.4 Å². The molecule has 0 aliphatic heterocycles. The van der Waals surface area contributed by atoms with Gasteiger partial charge in [-0.2, -0.15) is 0 Å². The van der Waals surface area contributed by atoms with Gasteiger partial charge in [0.2, 0.25) is 5.91 Å². The van der Waals surface area contributed by atoms with Crippen LogP contribution in [0.1, 0.15) is 48.9 Å². The third kappa shape index (κ3) is 4.05. The van der Waals surface area contributed by atoms with Crippen LogP contribution in [0.3, 0.4) is 0 Å². The quantitative estimate of drug-likeness (QED) is 0.835. The summed E-state index contributed by atoms with van der Waals surface area (Å²) in [7, 11) is 0. The summed E-state index contributed by atoms with van der Waals surface area (Å²) >= 11 is 0. The van der Waals surface area contributed by atoms with E-state index in [1.54, 1.807) is 6.07 Å². The number of carbonyl (C=O) groups is 2. The van der Waals surface area contributed by atoms with Gasteiger partial charge in [-0.15, -0.1) is 0 Å². The standard InChI is InChI=1S/C15H19FN2O2/c16-13-9-5-4-8-12(13)15(20)18-17-14(19)10-11-6-2-1-3-7-11/h4-5,8-9,11H,1-3,6-7,10H2,(H,17,19)(H,18,20). The smallest absolute Gasteiger partial charge is 0.272 e. The Morgan fingerprint density at radius 2 is 1.80 bits per heavy atom. The fourth-order valence-electron chi connectivity index (χ4n) is 2.54. The third-order valence-electron chi connectivity index (χ3n) is 3.63. The predicted octanol–water partition coefficient (Wildman–Crippen LogP) is 2.56. The third-order valence-corrected chi connectivity index (χ3v) is 3.63. The molecule has 0 aromatic heterocycles. The SMILES string of the molecule is O=C(CC1CCCCC1)NNC(=O)c1ccccc1F. The van der Waals surface area contributed by atoms with E-state index < -0.39 is 11.7 Å². The van der Waals surface area contributed by atoms with E-state index >= 15 is 0 Å². The van der Waals surface area contributed by atoms with Gasteiger partial charge in [-0.05, 0) is 30.9 Å². The fraction of sp³-hybridized carbons (Fsp3) is 0.467. The normalized spacial score (nSPS) is 15.7. The van der Waals surface area contributed by atoms with Gasteiger partial charge < -0.3 is 0 Å². The van der Waals surface area contributed by atoms with Crippen molar-refractivity contribution in [2.45, 2.75) is 38.5 Å². The number of rotatable bonds is 3. The van der Waals surface area contributed by atoms with Crippen molar-refractivity contribution in [3.8, 4) is 0 Å². The summed E-state index contributed by atoms with van der Waals surface area (Å²) in [6.45, 7) is 0. The first kappa shape index (κ1) is 14.5. The van der Waals surface area contributed by atoms with Crippen LogP contribution in [-0.2, 0) is 4.79 Å². The molecule has 0 unspecified atom stereocenters. The summed E-state index contributed by atoms with van der Waals surface area (Å²) < 4.78 is 13.4. The number of benzene rings is 1. The monoisotopic (exact) mass is 278 g/mol. The fourth-order valence-corrected chi connectivity index (χ4v) is 2.54. The minimum atomic E-state index is -0.639.